The average Bonchev–Trinajstić information content (AvgIpc) is 2.70. The maximum absolute atomic E-state index is 12.4. The molecule has 2 N–H and O–H groups in total. The largest absolute Gasteiger partial charge is 0.325 e. The van der Waals surface area contributed by atoms with Gasteiger partial charge >= 0.3 is 0 Å². The first-order valence-electron chi connectivity index (χ1n) is 9.18. The molecule has 0 saturated heterocycles. The first-order chi connectivity index (χ1) is 14.3. The molecule has 30 heavy (non-hydrogen) atoms. The van der Waals surface area contributed by atoms with Crippen LogP contribution in [0, 0.1) is 13.8 Å². The topological polar surface area (TPSA) is 58.2 Å². The molecule has 3 rings (SSSR count). The van der Waals surface area contributed by atoms with E-state index in [1.54, 1.807) is 24.3 Å². The summed E-state index contributed by atoms with van der Waals surface area (Å²) >= 11 is 13.4. The number of halogens is 2. The number of hydrogen-bond donors (Lipinski definition) is 2. The Morgan fingerprint density at radius 1 is 0.833 bits per heavy atom. The quantitative estimate of drug-likeness (QED) is 0.409. The third-order valence-corrected chi connectivity index (χ3v) is 6.01. The van der Waals surface area contributed by atoms with Crippen molar-refractivity contribution in [1.82, 2.24) is 0 Å². The molecular weight excluding hydrogens is 439 g/mol. The lowest BCUT2D eigenvalue weighted by molar-refractivity contribution is -0.113. The Kier molecular flexibility index (Phi) is 7.43. The molecule has 7 heteroatoms. The van der Waals surface area contributed by atoms with Crippen LogP contribution in [0.5, 0.6) is 0 Å². The smallest absolute Gasteiger partial charge is 0.257 e. The molecule has 0 aliphatic heterocycles. The number of amides is 2. The van der Waals surface area contributed by atoms with Crippen LogP contribution in [0.4, 0.5) is 11.4 Å². The third-order valence-electron chi connectivity index (χ3n) is 4.45. The number of anilines is 2. The van der Waals surface area contributed by atoms with Gasteiger partial charge in [-0.05, 0) is 79.6 Å². The molecule has 2 amide bonds. The fourth-order valence-electron chi connectivity index (χ4n) is 2.67. The molecule has 4 nitrogen and oxygen atoms in total. The van der Waals surface area contributed by atoms with Crippen molar-refractivity contribution in [2.75, 3.05) is 16.4 Å². The van der Waals surface area contributed by atoms with Crippen molar-refractivity contribution in [3.8, 4) is 0 Å². The Hall–Kier alpha value is -2.47. The van der Waals surface area contributed by atoms with Crippen LogP contribution >= 0.6 is 35.0 Å². The first-order valence-corrected chi connectivity index (χ1v) is 10.9. The van der Waals surface area contributed by atoms with E-state index in [0.717, 1.165) is 16.1 Å². The number of rotatable bonds is 6. The minimum atomic E-state index is -0.315. The van der Waals surface area contributed by atoms with Crippen LogP contribution in [-0.4, -0.2) is 17.6 Å². The predicted molar refractivity (Wildman–Crippen MR) is 126 cm³/mol. The first kappa shape index (κ1) is 22.2. The van der Waals surface area contributed by atoms with Gasteiger partial charge in [-0.2, -0.15) is 0 Å². The highest BCUT2D eigenvalue weighted by Gasteiger charge is 2.11. The van der Waals surface area contributed by atoms with Crippen LogP contribution in [0.15, 0.2) is 65.6 Å². The van der Waals surface area contributed by atoms with E-state index in [1.807, 2.05) is 44.2 Å². The molecule has 0 fully saturated rings. The van der Waals surface area contributed by atoms with Gasteiger partial charge in [0.05, 0.1) is 16.3 Å². The van der Waals surface area contributed by atoms with E-state index in [1.165, 1.54) is 23.4 Å². The fraction of sp³-hybridized carbons (Fsp3) is 0.130. The molecule has 0 unspecified atom stereocenters. The SMILES string of the molecule is Cc1ccc(NC(=O)CSc2ccc(NC(=O)c3ccc(Cl)cc3Cl)cc2)cc1C. The fourth-order valence-corrected chi connectivity index (χ4v) is 3.86. The van der Waals surface area contributed by atoms with Crippen LogP contribution in [0.1, 0.15) is 21.5 Å². The zero-order valence-corrected chi connectivity index (χ0v) is 18.8. The molecule has 0 radical (unpaired) electrons. The molecule has 0 aliphatic rings. The average molecular weight is 459 g/mol. The lowest BCUT2D eigenvalue weighted by Gasteiger charge is -2.09. The minimum Gasteiger partial charge on any atom is -0.325 e. The molecule has 0 atom stereocenters. The number of benzene rings is 3. The van der Waals surface area contributed by atoms with E-state index < -0.39 is 0 Å². The van der Waals surface area contributed by atoms with Crippen molar-refractivity contribution >= 4 is 58.2 Å². The second-order valence-electron chi connectivity index (χ2n) is 6.74. The van der Waals surface area contributed by atoms with Crippen molar-refractivity contribution in [2.24, 2.45) is 0 Å². The summed E-state index contributed by atoms with van der Waals surface area (Å²) in [4.78, 5) is 25.5. The zero-order chi connectivity index (χ0) is 21.7. The van der Waals surface area contributed by atoms with Crippen molar-refractivity contribution in [2.45, 2.75) is 18.7 Å². The van der Waals surface area contributed by atoms with E-state index in [9.17, 15) is 9.59 Å². The van der Waals surface area contributed by atoms with Gasteiger partial charge in [-0.1, -0.05) is 29.3 Å². The summed E-state index contributed by atoms with van der Waals surface area (Å²) in [6.07, 6.45) is 0. The maximum atomic E-state index is 12.4. The van der Waals surface area contributed by atoms with E-state index in [0.29, 0.717) is 27.0 Å². The molecule has 0 aliphatic carbocycles. The lowest BCUT2D eigenvalue weighted by atomic mass is 10.1. The second kappa shape index (κ2) is 10.0. The van der Waals surface area contributed by atoms with Crippen molar-refractivity contribution in [1.29, 1.82) is 0 Å². The normalized spacial score (nSPS) is 10.5. The highest BCUT2D eigenvalue weighted by molar-refractivity contribution is 8.00. The monoisotopic (exact) mass is 458 g/mol. The van der Waals surface area contributed by atoms with Crippen molar-refractivity contribution in [3.05, 3.63) is 87.4 Å². The van der Waals surface area contributed by atoms with Gasteiger partial charge in [0.2, 0.25) is 5.91 Å². The van der Waals surface area contributed by atoms with Crippen LogP contribution in [0.2, 0.25) is 10.0 Å². The summed E-state index contributed by atoms with van der Waals surface area (Å²) in [6, 6.07) is 17.8. The summed E-state index contributed by atoms with van der Waals surface area (Å²) in [5.41, 5.74) is 4.10. The van der Waals surface area contributed by atoms with Gasteiger partial charge in [0.25, 0.3) is 5.91 Å². The maximum Gasteiger partial charge on any atom is 0.257 e. The molecule has 0 aromatic heterocycles. The van der Waals surface area contributed by atoms with Gasteiger partial charge in [0.15, 0.2) is 0 Å². The third kappa shape index (κ3) is 6.02. The van der Waals surface area contributed by atoms with Crippen LogP contribution in [-0.2, 0) is 4.79 Å². The van der Waals surface area contributed by atoms with Gasteiger partial charge in [0, 0.05) is 21.3 Å². The minimum absolute atomic E-state index is 0.0713. The zero-order valence-electron chi connectivity index (χ0n) is 16.5. The Balaban J connectivity index is 1.53. The number of nitrogens with one attached hydrogen (secondary N) is 2. The Labute approximate surface area is 190 Å². The van der Waals surface area contributed by atoms with Crippen molar-refractivity contribution < 1.29 is 9.59 Å². The molecule has 3 aromatic carbocycles. The summed E-state index contributed by atoms with van der Waals surface area (Å²) < 4.78 is 0. The summed E-state index contributed by atoms with van der Waals surface area (Å²) in [7, 11) is 0. The second-order valence-corrected chi connectivity index (χ2v) is 8.63. The van der Waals surface area contributed by atoms with Crippen LogP contribution in [0.25, 0.3) is 0 Å². The molecular formula is C23H20Cl2N2O2S. The number of hydrogen-bond acceptors (Lipinski definition) is 3. The Morgan fingerprint density at radius 3 is 2.20 bits per heavy atom. The van der Waals surface area contributed by atoms with Crippen LogP contribution < -0.4 is 10.6 Å². The molecule has 0 heterocycles. The summed E-state index contributed by atoms with van der Waals surface area (Å²) in [5.74, 6) is -0.0956. The van der Waals surface area contributed by atoms with Crippen LogP contribution in [0.3, 0.4) is 0 Å². The van der Waals surface area contributed by atoms with Gasteiger partial charge in [-0.3, -0.25) is 9.59 Å². The molecule has 0 saturated carbocycles. The number of carbonyl (C=O) groups excluding carboxylic acids is 2. The highest BCUT2D eigenvalue weighted by Crippen LogP contribution is 2.24. The van der Waals surface area contributed by atoms with E-state index in [2.05, 4.69) is 10.6 Å². The lowest BCUT2D eigenvalue weighted by Crippen LogP contribution is -2.14. The Morgan fingerprint density at radius 2 is 1.53 bits per heavy atom. The van der Waals surface area contributed by atoms with E-state index in [-0.39, 0.29) is 11.8 Å². The number of thioether (sulfide) groups is 1. The standard InChI is InChI=1S/C23H20Cl2N2O2S/c1-14-3-5-18(11-15(14)2)26-22(28)13-30-19-8-6-17(7-9-19)27-23(29)20-10-4-16(24)12-21(20)25/h3-12H,13H2,1-2H3,(H,26,28)(H,27,29). The predicted octanol–water partition coefficient (Wildman–Crippen LogP) is 6.59. The van der Waals surface area contributed by atoms with E-state index >= 15 is 0 Å². The van der Waals surface area contributed by atoms with Gasteiger partial charge < -0.3 is 10.6 Å². The molecule has 154 valence electrons. The van der Waals surface area contributed by atoms with Gasteiger partial charge in [-0.25, -0.2) is 0 Å². The highest BCUT2D eigenvalue weighted by atomic mass is 35.5. The number of aryl methyl sites for hydroxylation is 2. The van der Waals surface area contributed by atoms with Gasteiger partial charge in [-0.15, -0.1) is 11.8 Å². The molecule has 0 bridgehead atoms. The van der Waals surface area contributed by atoms with Gasteiger partial charge in [0.1, 0.15) is 0 Å². The van der Waals surface area contributed by atoms with E-state index in [4.69, 9.17) is 23.2 Å². The van der Waals surface area contributed by atoms with Crippen molar-refractivity contribution in [3.63, 3.8) is 0 Å². The molecule has 3 aromatic rings. The summed E-state index contributed by atoms with van der Waals surface area (Å²) in [5, 5.41) is 6.47. The molecule has 0 spiro atoms. The number of carbonyl (C=O) groups is 2. The summed E-state index contributed by atoms with van der Waals surface area (Å²) in [6.45, 7) is 4.05. The Bertz CT molecular complexity index is 1090.